The third kappa shape index (κ3) is 3.77. The van der Waals surface area contributed by atoms with Crippen molar-refractivity contribution in [2.75, 3.05) is 0 Å². The zero-order valence-electron chi connectivity index (χ0n) is 15.9. The molecular weight excluding hydrogens is 390 g/mol. The maximum atomic E-state index is 12.2. The van der Waals surface area contributed by atoms with Crippen molar-refractivity contribution in [1.82, 2.24) is 24.8 Å². The summed E-state index contributed by atoms with van der Waals surface area (Å²) in [5.41, 5.74) is 3.78. The zero-order chi connectivity index (χ0) is 20.4. The van der Waals surface area contributed by atoms with Crippen LogP contribution in [0.3, 0.4) is 0 Å². The van der Waals surface area contributed by atoms with E-state index < -0.39 is 0 Å². The summed E-state index contributed by atoms with van der Waals surface area (Å²) < 4.78 is 8.24. The fourth-order valence-electron chi connectivity index (χ4n) is 3.04. The third-order valence-electron chi connectivity index (χ3n) is 4.55. The van der Waals surface area contributed by atoms with Crippen LogP contribution in [0.5, 0.6) is 5.88 Å². The van der Waals surface area contributed by atoms with Crippen LogP contribution >= 0.6 is 11.6 Å². The highest BCUT2D eigenvalue weighted by molar-refractivity contribution is 6.31. The molecule has 0 aliphatic rings. The number of pyridine rings is 1. The van der Waals surface area contributed by atoms with Crippen LogP contribution in [-0.4, -0.2) is 24.8 Å². The Hall–Kier alpha value is -3.45. The average Bonchev–Trinajstić information content (AvgIpc) is 3.06. The monoisotopic (exact) mass is 407 g/mol. The molecule has 2 heterocycles. The summed E-state index contributed by atoms with van der Waals surface area (Å²) in [7, 11) is 1.54. The zero-order valence-corrected chi connectivity index (χ0v) is 16.7. The number of aryl methyl sites for hydroxylation is 2. The predicted octanol–water partition coefficient (Wildman–Crippen LogP) is 3.57. The molecule has 0 N–H and O–H groups in total. The van der Waals surface area contributed by atoms with Gasteiger partial charge in [0.15, 0.2) is 0 Å². The Morgan fingerprint density at radius 3 is 2.48 bits per heavy atom. The van der Waals surface area contributed by atoms with E-state index in [2.05, 4.69) is 15.4 Å². The van der Waals surface area contributed by atoms with Crippen molar-refractivity contribution in [2.45, 2.75) is 13.5 Å². The predicted molar refractivity (Wildman–Crippen MR) is 110 cm³/mol. The van der Waals surface area contributed by atoms with E-state index in [1.54, 1.807) is 18.2 Å². The summed E-state index contributed by atoms with van der Waals surface area (Å²) in [6, 6.07) is 19.1. The number of hydrogen-bond acceptors (Lipinski definition) is 5. The van der Waals surface area contributed by atoms with Crippen molar-refractivity contribution in [3.8, 4) is 22.7 Å². The van der Waals surface area contributed by atoms with Gasteiger partial charge in [-0.15, -0.1) is 0 Å². The summed E-state index contributed by atoms with van der Waals surface area (Å²) in [6.07, 6.45) is 0. The minimum absolute atomic E-state index is 0.134. The summed E-state index contributed by atoms with van der Waals surface area (Å²) in [6.45, 7) is 2.07. The molecule has 0 aliphatic heterocycles. The Labute approximate surface area is 172 Å². The molecule has 0 saturated carbocycles. The lowest BCUT2D eigenvalue weighted by molar-refractivity contribution is 0.293. The molecule has 0 fully saturated rings. The van der Waals surface area contributed by atoms with Gasteiger partial charge in [0.1, 0.15) is 6.61 Å². The topological polar surface area (TPSA) is 74.8 Å². The van der Waals surface area contributed by atoms with E-state index in [1.165, 1.54) is 11.7 Å². The van der Waals surface area contributed by atoms with Crippen LogP contribution in [0.4, 0.5) is 0 Å². The molecule has 0 aliphatic carbocycles. The molecular formula is C21H18ClN5O2. The summed E-state index contributed by atoms with van der Waals surface area (Å²) in [5, 5.41) is 8.11. The maximum Gasteiger partial charge on any atom is 0.368 e. The molecule has 2 aromatic heterocycles. The lowest BCUT2D eigenvalue weighted by atomic mass is 10.1. The molecule has 0 amide bonds. The molecule has 4 aromatic rings. The number of ether oxygens (including phenoxy) is 1. The summed E-state index contributed by atoms with van der Waals surface area (Å²) >= 11 is 6.37. The van der Waals surface area contributed by atoms with Crippen LogP contribution in [0.2, 0.25) is 5.02 Å². The fourth-order valence-corrected chi connectivity index (χ4v) is 3.26. The highest BCUT2D eigenvalue weighted by atomic mass is 35.5. The average molecular weight is 408 g/mol. The SMILES string of the molecule is Cc1nc(OCc2c(Cl)cccc2-n2nnn(C)c2=O)ccc1-c1ccccc1. The fraction of sp³-hybridized carbons (Fsp3) is 0.143. The second-order valence-corrected chi connectivity index (χ2v) is 6.88. The Morgan fingerprint density at radius 1 is 1.00 bits per heavy atom. The molecule has 0 bridgehead atoms. The molecule has 0 unspecified atom stereocenters. The molecule has 29 heavy (non-hydrogen) atoms. The lowest BCUT2D eigenvalue weighted by Gasteiger charge is -2.13. The van der Waals surface area contributed by atoms with Crippen LogP contribution < -0.4 is 10.4 Å². The maximum absolute atomic E-state index is 12.2. The molecule has 4 rings (SSSR count). The smallest absolute Gasteiger partial charge is 0.368 e. The van der Waals surface area contributed by atoms with Gasteiger partial charge in [-0.2, -0.15) is 9.36 Å². The first-order chi connectivity index (χ1) is 14.0. The molecule has 2 aromatic carbocycles. The molecule has 8 heteroatoms. The van der Waals surface area contributed by atoms with Gasteiger partial charge in [0, 0.05) is 35.0 Å². The van der Waals surface area contributed by atoms with Gasteiger partial charge in [-0.1, -0.05) is 48.0 Å². The van der Waals surface area contributed by atoms with Crippen molar-refractivity contribution in [3.63, 3.8) is 0 Å². The van der Waals surface area contributed by atoms with Crippen molar-refractivity contribution in [1.29, 1.82) is 0 Å². The van der Waals surface area contributed by atoms with Gasteiger partial charge in [0.25, 0.3) is 0 Å². The van der Waals surface area contributed by atoms with Crippen molar-refractivity contribution in [3.05, 3.63) is 87.4 Å². The van der Waals surface area contributed by atoms with Crippen molar-refractivity contribution < 1.29 is 4.74 Å². The Balaban J connectivity index is 1.61. The highest BCUT2D eigenvalue weighted by Gasteiger charge is 2.15. The highest BCUT2D eigenvalue weighted by Crippen LogP contribution is 2.26. The van der Waals surface area contributed by atoms with Crippen LogP contribution in [-0.2, 0) is 13.7 Å². The number of aromatic nitrogens is 5. The quantitative estimate of drug-likeness (QED) is 0.505. The molecule has 146 valence electrons. The molecule has 0 radical (unpaired) electrons. The largest absolute Gasteiger partial charge is 0.473 e. The van der Waals surface area contributed by atoms with Gasteiger partial charge in [-0.3, -0.25) is 0 Å². The Bertz CT molecular complexity index is 1220. The number of benzene rings is 2. The molecule has 0 saturated heterocycles. The molecule has 7 nitrogen and oxygen atoms in total. The van der Waals surface area contributed by atoms with Crippen molar-refractivity contribution in [2.24, 2.45) is 7.05 Å². The second kappa shape index (κ2) is 7.89. The van der Waals surface area contributed by atoms with Gasteiger partial charge in [-0.25, -0.2) is 9.78 Å². The summed E-state index contributed by atoms with van der Waals surface area (Å²) in [5.74, 6) is 0.472. The van der Waals surface area contributed by atoms with Crippen LogP contribution in [0.15, 0.2) is 65.5 Å². The van der Waals surface area contributed by atoms with E-state index in [9.17, 15) is 4.79 Å². The first kappa shape index (κ1) is 18.9. The first-order valence-corrected chi connectivity index (χ1v) is 9.35. The first-order valence-electron chi connectivity index (χ1n) is 8.97. The minimum Gasteiger partial charge on any atom is -0.473 e. The third-order valence-corrected chi connectivity index (χ3v) is 4.91. The number of nitrogens with zero attached hydrogens (tertiary/aromatic N) is 5. The number of halogens is 1. The second-order valence-electron chi connectivity index (χ2n) is 6.47. The lowest BCUT2D eigenvalue weighted by Crippen LogP contribution is -2.23. The van der Waals surface area contributed by atoms with Crippen LogP contribution in [0.1, 0.15) is 11.3 Å². The summed E-state index contributed by atoms with van der Waals surface area (Å²) in [4.78, 5) is 16.8. The molecule has 0 spiro atoms. The molecule has 0 atom stereocenters. The van der Waals surface area contributed by atoms with Gasteiger partial charge < -0.3 is 4.74 Å². The van der Waals surface area contributed by atoms with E-state index in [1.807, 2.05) is 49.4 Å². The number of tetrazole rings is 1. The van der Waals surface area contributed by atoms with E-state index in [0.717, 1.165) is 21.5 Å². The van der Waals surface area contributed by atoms with Crippen LogP contribution in [0.25, 0.3) is 16.8 Å². The standard InChI is InChI=1S/C21H18ClN5O2/c1-14-16(15-7-4-3-5-8-15)11-12-20(23-14)29-13-17-18(22)9-6-10-19(17)27-21(28)26(2)24-25-27/h3-12H,13H2,1-2H3. The van der Waals surface area contributed by atoms with Gasteiger partial charge in [-0.05, 0) is 41.1 Å². The van der Waals surface area contributed by atoms with E-state index in [0.29, 0.717) is 22.2 Å². The van der Waals surface area contributed by atoms with Crippen LogP contribution in [0, 0.1) is 6.92 Å². The Kier molecular flexibility index (Phi) is 5.14. The van der Waals surface area contributed by atoms with Gasteiger partial charge in [0.2, 0.25) is 5.88 Å². The van der Waals surface area contributed by atoms with Crippen molar-refractivity contribution >= 4 is 11.6 Å². The van der Waals surface area contributed by atoms with E-state index in [-0.39, 0.29) is 12.3 Å². The van der Waals surface area contributed by atoms with Gasteiger partial charge >= 0.3 is 5.69 Å². The normalized spacial score (nSPS) is 10.9. The van der Waals surface area contributed by atoms with Gasteiger partial charge in [0.05, 0.1) is 5.69 Å². The van der Waals surface area contributed by atoms with E-state index in [4.69, 9.17) is 16.3 Å². The number of rotatable bonds is 5. The Morgan fingerprint density at radius 2 is 1.79 bits per heavy atom. The number of hydrogen-bond donors (Lipinski definition) is 0. The van der Waals surface area contributed by atoms with E-state index >= 15 is 0 Å². The minimum atomic E-state index is -0.366.